The molecule has 0 amide bonds. The second kappa shape index (κ2) is 4.86. The lowest BCUT2D eigenvalue weighted by Crippen LogP contribution is -2.24. The van der Waals surface area contributed by atoms with Gasteiger partial charge >= 0.3 is 0 Å². The molecule has 0 aliphatic heterocycles. The first-order valence-corrected chi connectivity index (χ1v) is 5.48. The summed E-state index contributed by atoms with van der Waals surface area (Å²) >= 11 is 0. The van der Waals surface area contributed by atoms with Crippen LogP contribution in [-0.4, -0.2) is 13.6 Å². The van der Waals surface area contributed by atoms with Gasteiger partial charge in [-0.3, -0.25) is 0 Å². The molecule has 0 heterocycles. The minimum Gasteiger partial charge on any atom is -0.319 e. The molecule has 1 heteroatoms. The maximum Gasteiger partial charge on any atom is -0.00208 e. The normalized spacial score (nSPS) is 35.8. The molecule has 1 N–H and O–H groups in total. The molecule has 0 spiro atoms. The van der Waals surface area contributed by atoms with Gasteiger partial charge in [0.05, 0.1) is 0 Å². The maximum absolute atomic E-state index is 3.32. The molecule has 1 aliphatic carbocycles. The molecule has 3 atom stereocenters. The summed E-state index contributed by atoms with van der Waals surface area (Å²) in [6.07, 6.45) is 5.70. The summed E-state index contributed by atoms with van der Waals surface area (Å²) in [5.41, 5.74) is 0. The van der Waals surface area contributed by atoms with Crippen LogP contribution in [0, 0.1) is 17.8 Å². The highest BCUT2D eigenvalue weighted by atomic mass is 14.8. The zero-order valence-corrected chi connectivity index (χ0v) is 8.77. The van der Waals surface area contributed by atoms with E-state index >= 15 is 0 Å². The van der Waals surface area contributed by atoms with Gasteiger partial charge in [0, 0.05) is 0 Å². The van der Waals surface area contributed by atoms with E-state index in [9.17, 15) is 0 Å². The van der Waals surface area contributed by atoms with Crippen molar-refractivity contribution >= 4 is 0 Å². The Hall–Kier alpha value is -0.0400. The SMILES string of the molecule is CCC1CCC(CNC)C1CC. The van der Waals surface area contributed by atoms with Gasteiger partial charge in [0.2, 0.25) is 0 Å². The number of hydrogen-bond acceptors (Lipinski definition) is 1. The minimum absolute atomic E-state index is 0.963. The van der Waals surface area contributed by atoms with Crippen LogP contribution in [0.2, 0.25) is 0 Å². The first-order chi connectivity index (χ1) is 5.83. The molecule has 72 valence electrons. The Morgan fingerprint density at radius 2 is 1.75 bits per heavy atom. The third-order valence-electron chi connectivity index (χ3n) is 3.58. The van der Waals surface area contributed by atoms with Gasteiger partial charge in [-0.25, -0.2) is 0 Å². The molecule has 0 aromatic rings. The number of rotatable bonds is 4. The highest BCUT2D eigenvalue weighted by Crippen LogP contribution is 2.40. The monoisotopic (exact) mass is 169 g/mol. The largest absolute Gasteiger partial charge is 0.319 e. The lowest BCUT2D eigenvalue weighted by atomic mass is 9.86. The Bertz CT molecular complexity index is 122. The third-order valence-corrected chi connectivity index (χ3v) is 3.58. The van der Waals surface area contributed by atoms with Crippen LogP contribution in [0.25, 0.3) is 0 Å². The topological polar surface area (TPSA) is 12.0 Å². The fourth-order valence-electron chi connectivity index (χ4n) is 2.93. The lowest BCUT2D eigenvalue weighted by Gasteiger charge is -2.22. The average Bonchev–Trinajstić information content (AvgIpc) is 2.47. The molecular weight excluding hydrogens is 146 g/mol. The molecule has 0 saturated heterocycles. The van der Waals surface area contributed by atoms with Crippen molar-refractivity contribution in [2.75, 3.05) is 13.6 Å². The molecule has 1 saturated carbocycles. The Labute approximate surface area is 76.9 Å². The summed E-state index contributed by atoms with van der Waals surface area (Å²) in [5.74, 6) is 2.99. The second-order valence-electron chi connectivity index (χ2n) is 4.14. The number of nitrogens with one attached hydrogen (secondary N) is 1. The summed E-state index contributed by atoms with van der Waals surface area (Å²) < 4.78 is 0. The standard InChI is InChI=1S/C11H23N/c1-4-9-6-7-10(8-12-3)11(9)5-2/h9-12H,4-8H2,1-3H3. The average molecular weight is 169 g/mol. The van der Waals surface area contributed by atoms with Crippen LogP contribution < -0.4 is 5.32 Å². The fraction of sp³-hybridized carbons (Fsp3) is 1.00. The summed E-state index contributed by atoms with van der Waals surface area (Å²) in [4.78, 5) is 0. The van der Waals surface area contributed by atoms with E-state index in [4.69, 9.17) is 0 Å². The molecular formula is C11H23N. The van der Waals surface area contributed by atoms with Crippen molar-refractivity contribution in [1.29, 1.82) is 0 Å². The van der Waals surface area contributed by atoms with Gasteiger partial charge in [-0.2, -0.15) is 0 Å². The first kappa shape index (κ1) is 10.0. The number of hydrogen-bond donors (Lipinski definition) is 1. The zero-order valence-electron chi connectivity index (χ0n) is 8.77. The fourth-order valence-corrected chi connectivity index (χ4v) is 2.93. The van der Waals surface area contributed by atoms with Gasteiger partial charge in [-0.15, -0.1) is 0 Å². The van der Waals surface area contributed by atoms with Crippen LogP contribution >= 0.6 is 0 Å². The Kier molecular flexibility index (Phi) is 4.07. The predicted octanol–water partition coefficient (Wildman–Crippen LogP) is 2.67. The van der Waals surface area contributed by atoms with Crippen molar-refractivity contribution in [3.05, 3.63) is 0 Å². The summed E-state index contributed by atoms with van der Waals surface area (Å²) in [6.45, 7) is 5.92. The van der Waals surface area contributed by atoms with Crippen LogP contribution in [0.5, 0.6) is 0 Å². The van der Waals surface area contributed by atoms with E-state index in [-0.39, 0.29) is 0 Å². The molecule has 1 aliphatic rings. The van der Waals surface area contributed by atoms with Crippen LogP contribution in [0.15, 0.2) is 0 Å². The van der Waals surface area contributed by atoms with E-state index in [1.165, 1.54) is 32.2 Å². The van der Waals surface area contributed by atoms with Crippen molar-refractivity contribution in [3.63, 3.8) is 0 Å². The van der Waals surface area contributed by atoms with E-state index in [0.29, 0.717) is 0 Å². The first-order valence-electron chi connectivity index (χ1n) is 5.48. The van der Waals surface area contributed by atoms with Crippen molar-refractivity contribution in [2.24, 2.45) is 17.8 Å². The zero-order chi connectivity index (χ0) is 8.97. The van der Waals surface area contributed by atoms with Crippen molar-refractivity contribution in [1.82, 2.24) is 5.32 Å². The van der Waals surface area contributed by atoms with Crippen LogP contribution in [0.3, 0.4) is 0 Å². The van der Waals surface area contributed by atoms with E-state index in [1.54, 1.807) is 0 Å². The molecule has 3 unspecified atom stereocenters. The predicted molar refractivity (Wildman–Crippen MR) is 54.2 cm³/mol. The van der Waals surface area contributed by atoms with E-state index in [2.05, 4.69) is 26.2 Å². The Balaban J connectivity index is 2.44. The van der Waals surface area contributed by atoms with Gasteiger partial charge in [-0.1, -0.05) is 26.7 Å². The highest BCUT2D eigenvalue weighted by molar-refractivity contribution is 4.84. The van der Waals surface area contributed by atoms with E-state index in [1.807, 2.05) is 0 Å². The molecule has 0 aromatic carbocycles. The summed E-state index contributed by atoms with van der Waals surface area (Å²) in [6, 6.07) is 0. The lowest BCUT2D eigenvalue weighted by molar-refractivity contribution is 0.290. The Morgan fingerprint density at radius 3 is 2.25 bits per heavy atom. The van der Waals surface area contributed by atoms with Crippen LogP contribution in [0.1, 0.15) is 39.5 Å². The van der Waals surface area contributed by atoms with Crippen LogP contribution in [-0.2, 0) is 0 Å². The van der Waals surface area contributed by atoms with Gasteiger partial charge in [0.15, 0.2) is 0 Å². The highest BCUT2D eigenvalue weighted by Gasteiger charge is 2.32. The van der Waals surface area contributed by atoms with Crippen LogP contribution in [0.4, 0.5) is 0 Å². The van der Waals surface area contributed by atoms with Gasteiger partial charge in [0.1, 0.15) is 0 Å². The second-order valence-corrected chi connectivity index (χ2v) is 4.14. The molecule has 0 aromatic heterocycles. The van der Waals surface area contributed by atoms with E-state index in [0.717, 1.165) is 17.8 Å². The van der Waals surface area contributed by atoms with Gasteiger partial charge in [0.25, 0.3) is 0 Å². The summed E-state index contributed by atoms with van der Waals surface area (Å²) in [5, 5.41) is 3.32. The molecule has 0 radical (unpaired) electrons. The molecule has 12 heavy (non-hydrogen) atoms. The van der Waals surface area contributed by atoms with Crippen molar-refractivity contribution in [3.8, 4) is 0 Å². The Morgan fingerprint density at radius 1 is 1.08 bits per heavy atom. The molecule has 1 nitrogen and oxygen atoms in total. The molecule has 1 rings (SSSR count). The smallest absolute Gasteiger partial charge is 0.00208 e. The third kappa shape index (κ3) is 2.01. The van der Waals surface area contributed by atoms with Gasteiger partial charge < -0.3 is 5.32 Å². The molecule has 0 bridgehead atoms. The molecule has 1 fully saturated rings. The minimum atomic E-state index is 0.963. The van der Waals surface area contributed by atoms with Crippen molar-refractivity contribution in [2.45, 2.75) is 39.5 Å². The van der Waals surface area contributed by atoms with Gasteiger partial charge in [-0.05, 0) is 44.2 Å². The maximum atomic E-state index is 3.32. The summed E-state index contributed by atoms with van der Waals surface area (Å²) in [7, 11) is 2.08. The van der Waals surface area contributed by atoms with Crippen molar-refractivity contribution < 1.29 is 0 Å². The quantitative estimate of drug-likeness (QED) is 0.682. The van der Waals surface area contributed by atoms with E-state index < -0.39 is 0 Å².